The smallest absolute Gasteiger partial charge is 0.132 e. The average molecular weight is 236 g/mol. The molecule has 0 aliphatic carbocycles. The molecular formula is C12H20N4O. The first-order chi connectivity index (χ1) is 8.31. The van der Waals surface area contributed by atoms with Crippen molar-refractivity contribution in [2.75, 3.05) is 30.4 Å². The number of aromatic nitrogens is 2. The normalized spacial score (nSPS) is 19.3. The first-order valence-electron chi connectivity index (χ1n) is 6.28. The zero-order chi connectivity index (χ0) is 12.1. The number of rotatable bonds is 5. The molecule has 2 rings (SSSR count). The first-order valence-corrected chi connectivity index (χ1v) is 6.28. The van der Waals surface area contributed by atoms with Gasteiger partial charge in [0.15, 0.2) is 0 Å². The molecule has 17 heavy (non-hydrogen) atoms. The maximum atomic E-state index is 5.34. The van der Waals surface area contributed by atoms with Crippen molar-refractivity contribution in [2.45, 2.75) is 32.7 Å². The van der Waals surface area contributed by atoms with Crippen LogP contribution in [0.25, 0.3) is 0 Å². The first kappa shape index (κ1) is 12.1. The maximum Gasteiger partial charge on any atom is 0.132 e. The van der Waals surface area contributed by atoms with Crippen molar-refractivity contribution < 1.29 is 4.74 Å². The van der Waals surface area contributed by atoms with Crippen molar-refractivity contribution in [3.05, 3.63) is 11.9 Å². The summed E-state index contributed by atoms with van der Waals surface area (Å²) in [6.07, 6.45) is 1.89. The minimum atomic E-state index is 0.379. The molecule has 1 saturated heterocycles. The van der Waals surface area contributed by atoms with E-state index >= 15 is 0 Å². The summed E-state index contributed by atoms with van der Waals surface area (Å²) >= 11 is 0. The molecule has 1 aromatic heterocycles. The molecule has 0 radical (unpaired) electrons. The van der Waals surface area contributed by atoms with E-state index in [1.165, 1.54) is 0 Å². The second-order valence-electron chi connectivity index (χ2n) is 4.14. The Hall–Kier alpha value is -1.36. The number of aryl methyl sites for hydroxylation is 1. The Kier molecular flexibility index (Phi) is 4.14. The van der Waals surface area contributed by atoms with Gasteiger partial charge in [0.1, 0.15) is 17.5 Å². The summed E-state index contributed by atoms with van der Waals surface area (Å²) in [4.78, 5) is 8.90. The van der Waals surface area contributed by atoms with Crippen LogP contribution in [0.2, 0.25) is 0 Å². The highest BCUT2D eigenvalue weighted by Gasteiger charge is 2.16. The van der Waals surface area contributed by atoms with E-state index in [4.69, 9.17) is 4.74 Å². The molecule has 1 fully saturated rings. The third kappa shape index (κ3) is 3.30. The van der Waals surface area contributed by atoms with Gasteiger partial charge in [0, 0.05) is 25.6 Å². The molecule has 5 heteroatoms. The van der Waals surface area contributed by atoms with Gasteiger partial charge in [-0.1, -0.05) is 6.92 Å². The Morgan fingerprint density at radius 2 is 2.18 bits per heavy atom. The molecule has 1 aromatic rings. The lowest BCUT2D eigenvalue weighted by atomic mass is 10.2. The van der Waals surface area contributed by atoms with E-state index in [2.05, 4.69) is 34.4 Å². The lowest BCUT2D eigenvalue weighted by Gasteiger charge is -2.13. The Balaban J connectivity index is 2.10. The zero-order valence-electron chi connectivity index (χ0n) is 10.5. The van der Waals surface area contributed by atoms with Crippen molar-refractivity contribution in [3.63, 3.8) is 0 Å². The molecule has 1 aliphatic rings. The lowest BCUT2D eigenvalue weighted by molar-refractivity contribution is 0.195. The molecule has 94 valence electrons. The quantitative estimate of drug-likeness (QED) is 0.814. The predicted molar refractivity (Wildman–Crippen MR) is 68.4 cm³/mol. The number of hydrogen-bond acceptors (Lipinski definition) is 5. The second-order valence-corrected chi connectivity index (χ2v) is 4.14. The molecule has 1 aliphatic heterocycles. The number of anilines is 2. The number of nitrogens with one attached hydrogen (secondary N) is 2. The topological polar surface area (TPSA) is 59.1 Å². The van der Waals surface area contributed by atoms with Gasteiger partial charge in [0.05, 0.1) is 12.6 Å². The van der Waals surface area contributed by atoms with Gasteiger partial charge < -0.3 is 15.4 Å². The van der Waals surface area contributed by atoms with Crippen molar-refractivity contribution in [2.24, 2.45) is 0 Å². The molecule has 0 aromatic carbocycles. The van der Waals surface area contributed by atoms with E-state index < -0.39 is 0 Å². The van der Waals surface area contributed by atoms with Gasteiger partial charge in [-0.3, -0.25) is 0 Å². The average Bonchev–Trinajstić information content (AvgIpc) is 2.82. The standard InChI is InChI=1S/C12H20N4O/c1-3-10-15-11(13-4-2)7-12(16-10)14-9-5-6-17-8-9/h7,9H,3-6,8H2,1-2H3,(H2,13,14,15,16). The van der Waals surface area contributed by atoms with E-state index in [1.54, 1.807) is 0 Å². The van der Waals surface area contributed by atoms with Crippen LogP contribution in [0, 0.1) is 0 Å². The maximum absolute atomic E-state index is 5.34. The van der Waals surface area contributed by atoms with Crippen LogP contribution in [-0.4, -0.2) is 35.8 Å². The summed E-state index contributed by atoms with van der Waals surface area (Å²) in [5.74, 6) is 2.65. The van der Waals surface area contributed by atoms with Crippen LogP contribution >= 0.6 is 0 Å². The van der Waals surface area contributed by atoms with Gasteiger partial charge in [-0.25, -0.2) is 9.97 Å². The van der Waals surface area contributed by atoms with E-state index in [0.29, 0.717) is 6.04 Å². The minimum absolute atomic E-state index is 0.379. The minimum Gasteiger partial charge on any atom is -0.379 e. The highest BCUT2D eigenvalue weighted by molar-refractivity contribution is 5.48. The van der Waals surface area contributed by atoms with Crippen molar-refractivity contribution in [3.8, 4) is 0 Å². The predicted octanol–water partition coefficient (Wildman–Crippen LogP) is 1.67. The zero-order valence-corrected chi connectivity index (χ0v) is 10.5. The monoisotopic (exact) mass is 236 g/mol. The fourth-order valence-electron chi connectivity index (χ4n) is 1.86. The largest absolute Gasteiger partial charge is 0.379 e. The highest BCUT2D eigenvalue weighted by atomic mass is 16.5. The summed E-state index contributed by atoms with van der Waals surface area (Å²) in [5, 5.41) is 6.62. The molecule has 0 bridgehead atoms. The molecule has 0 amide bonds. The Morgan fingerprint density at radius 1 is 1.35 bits per heavy atom. The number of ether oxygens (including phenoxy) is 1. The van der Waals surface area contributed by atoms with Crippen LogP contribution in [0.3, 0.4) is 0 Å². The van der Waals surface area contributed by atoms with Gasteiger partial charge >= 0.3 is 0 Å². The Morgan fingerprint density at radius 3 is 2.82 bits per heavy atom. The molecular weight excluding hydrogens is 216 g/mol. The van der Waals surface area contributed by atoms with Crippen molar-refractivity contribution in [1.82, 2.24) is 9.97 Å². The molecule has 1 unspecified atom stereocenters. The Bertz CT molecular complexity index is 364. The third-order valence-electron chi connectivity index (χ3n) is 2.73. The summed E-state index contributed by atoms with van der Waals surface area (Å²) in [6.45, 7) is 6.59. The van der Waals surface area contributed by atoms with Crippen LogP contribution in [0.15, 0.2) is 6.07 Å². The lowest BCUT2D eigenvalue weighted by Crippen LogP contribution is -2.20. The summed E-state index contributed by atoms with van der Waals surface area (Å²) in [6, 6.07) is 2.34. The summed E-state index contributed by atoms with van der Waals surface area (Å²) in [7, 11) is 0. The van der Waals surface area contributed by atoms with E-state index in [0.717, 1.165) is 50.1 Å². The summed E-state index contributed by atoms with van der Waals surface area (Å²) in [5.41, 5.74) is 0. The fourth-order valence-corrected chi connectivity index (χ4v) is 1.86. The SMILES string of the molecule is CCNc1cc(NC2CCOC2)nc(CC)n1. The third-order valence-corrected chi connectivity index (χ3v) is 2.73. The van der Waals surface area contributed by atoms with E-state index in [1.807, 2.05) is 6.07 Å². The van der Waals surface area contributed by atoms with Crippen LogP contribution in [-0.2, 0) is 11.2 Å². The molecule has 0 saturated carbocycles. The molecule has 2 N–H and O–H groups in total. The van der Waals surface area contributed by atoms with Crippen LogP contribution in [0.5, 0.6) is 0 Å². The fraction of sp³-hybridized carbons (Fsp3) is 0.667. The van der Waals surface area contributed by atoms with Crippen molar-refractivity contribution >= 4 is 11.6 Å². The van der Waals surface area contributed by atoms with Crippen LogP contribution < -0.4 is 10.6 Å². The van der Waals surface area contributed by atoms with Gasteiger partial charge in [0.2, 0.25) is 0 Å². The molecule has 0 spiro atoms. The van der Waals surface area contributed by atoms with Gasteiger partial charge in [-0.05, 0) is 13.3 Å². The molecule has 1 atom stereocenters. The van der Waals surface area contributed by atoms with E-state index in [-0.39, 0.29) is 0 Å². The Labute approximate surface area is 102 Å². The van der Waals surface area contributed by atoms with Gasteiger partial charge in [-0.15, -0.1) is 0 Å². The van der Waals surface area contributed by atoms with Crippen LogP contribution in [0.1, 0.15) is 26.1 Å². The highest BCUT2D eigenvalue weighted by Crippen LogP contribution is 2.15. The molecule has 5 nitrogen and oxygen atoms in total. The molecule has 2 heterocycles. The number of hydrogen-bond donors (Lipinski definition) is 2. The number of nitrogens with zero attached hydrogens (tertiary/aromatic N) is 2. The summed E-state index contributed by atoms with van der Waals surface area (Å²) < 4.78 is 5.34. The van der Waals surface area contributed by atoms with Gasteiger partial charge in [-0.2, -0.15) is 0 Å². The second kappa shape index (κ2) is 5.82. The van der Waals surface area contributed by atoms with E-state index in [9.17, 15) is 0 Å². The van der Waals surface area contributed by atoms with Crippen molar-refractivity contribution in [1.29, 1.82) is 0 Å². The van der Waals surface area contributed by atoms with Gasteiger partial charge in [0.25, 0.3) is 0 Å². The van der Waals surface area contributed by atoms with Crippen LogP contribution in [0.4, 0.5) is 11.6 Å².